The Hall–Kier alpha value is -2.90. The van der Waals surface area contributed by atoms with Crippen LogP contribution in [0.2, 0.25) is 0 Å². The molecule has 0 heterocycles. The summed E-state index contributed by atoms with van der Waals surface area (Å²) in [4.78, 5) is 23.6. The number of hydrogen-bond donors (Lipinski definition) is 2. The second-order valence-corrected chi connectivity index (χ2v) is 5.73. The van der Waals surface area contributed by atoms with Gasteiger partial charge in [0.2, 0.25) is 11.8 Å². The maximum Gasteiger partial charge on any atom is 0.416 e. The molecule has 0 radical (unpaired) electrons. The molecule has 0 unspecified atom stereocenters. The maximum atomic E-state index is 13.1. The molecule has 0 saturated carbocycles. The van der Waals surface area contributed by atoms with Crippen molar-refractivity contribution in [3.8, 4) is 0 Å². The molecule has 2 aromatic rings. The predicted octanol–water partition coefficient (Wildman–Crippen LogP) is 2.60. The highest BCUT2D eigenvalue weighted by Gasteiger charge is 2.30. The third kappa shape index (κ3) is 5.58. The normalized spacial score (nSPS) is 12.5. The predicted molar refractivity (Wildman–Crippen MR) is 86.4 cm³/mol. The van der Waals surface area contributed by atoms with Crippen molar-refractivity contribution in [3.63, 3.8) is 0 Å². The number of rotatable bonds is 6. The molecule has 2 amide bonds. The summed E-state index contributed by atoms with van der Waals surface area (Å²) in [5.74, 6) is -1.98. The number of carbonyl (C=O) groups is 2. The van der Waals surface area contributed by atoms with E-state index in [4.69, 9.17) is 5.73 Å². The Morgan fingerprint density at radius 1 is 1.04 bits per heavy atom. The molecule has 0 aromatic heterocycles. The van der Waals surface area contributed by atoms with Crippen LogP contribution in [0.15, 0.2) is 48.5 Å². The molecule has 0 bridgehead atoms. The molecule has 0 aliphatic heterocycles. The van der Waals surface area contributed by atoms with E-state index < -0.39 is 35.4 Å². The second-order valence-electron chi connectivity index (χ2n) is 5.73. The summed E-state index contributed by atoms with van der Waals surface area (Å²) >= 11 is 0. The van der Waals surface area contributed by atoms with E-state index in [0.29, 0.717) is 5.56 Å². The minimum Gasteiger partial charge on any atom is -0.368 e. The standard InChI is InChI=1S/C18H16F4N2O2/c19-14-6-2-4-12(8-14)10-16(25)24-15(17(23)26)9-11-3-1-5-13(7-11)18(20,21)22/h1-8,15H,9-10H2,(H2,23,26)(H,24,25)/t15-/m0/s1. The number of benzene rings is 2. The van der Waals surface area contributed by atoms with Gasteiger partial charge in [0.1, 0.15) is 11.9 Å². The Labute approximate surface area is 147 Å². The zero-order chi connectivity index (χ0) is 19.3. The van der Waals surface area contributed by atoms with Crippen molar-refractivity contribution < 1.29 is 27.2 Å². The third-order valence-corrected chi connectivity index (χ3v) is 3.63. The van der Waals surface area contributed by atoms with Crippen molar-refractivity contribution in [2.45, 2.75) is 25.1 Å². The van der Waals surface area contributed by atoms with Gasteiger partial charge in [-0.1, -0.05) is 30.3 Å². The van der Waals surface area contributed by atoms with E-state index in [9.17, 15) is 27.2 Å². The molecule has 0 fully saturated rings. The highest BCUT2D eigenvalue weighted by molar-refractivity contribution is 5.87. The minimum absolute atomic E-state index is 0.186. The van der Waals surface area contributed by atoms with Gasteiger partial charge in [0, 0.05) is 6.42 Å². The molecule has 2 aromatic carbocycles. The summed E-state index contributed by atoms with van der Waals surface area (Å²) in [5.41, 5.74) is 4.98. The van der Waals surface area contributed by atoms with E-state index >= 15 is 0 Å². The van der Waals surface area contributed by atoms with Gasteiger partial charge in [-0.3, -0.25) is 9.59 Å². The summed E-state index contributed by atoms with van der Waals surface area (Å²) in [6.45, 7) is 0. The third-order valence-electron chi connectivity index (χ3n) is 3.63. The second kappa shape index (κ2) is 7.99. The number of hydrogen-bond acceptors (Lipinski definition) is 2. The Balaban J connectivity index is 2.07. The number of amides is 2. The van der Waals surface area contributed by atoms with Crippen molar-refractivity contribution in [2.24, 2.45) is 5.73 Å². The molecule has 0 aliphatic carbocycles. The first-order valence-corrected chi connectivity index (χ1v) is 7.64. The molecular formula is C18H16F4N2O2. The lowest BCUT2D eigenvalue weighted by molar-refractivity contribution is -0.137. The largest absolute Gasteiger partial charge is 0.416 e. The van der Waals surface area contributed by atoms with Gasteiger partial charge in [-0.15, -0.1) is 0 Å². The average molecular weight is 368 g/mol. The van der Waals surface area contributed by atoms with Crippen LogP contribution in [0.3, 0.4) is 0 Å². The van der Waals surface area contributed by atoms with Crippen LogP contribution < -0.4 is 11.1 Å². The lowest BCUT2D eigenvalue weighted by Gasteiger charge is -2.16. The molecule has 0 spiro atoms. The van der Waals surface area contributed by atoms with Crippen LogP contribution in [0.4, 0.5) is 17.6 Å². The summed E-state index contributed by atoms with van der Waals surface area (Å²) in [6, 6.07) is 8.61. The highest BCUT2D eigenvalue weighted by atomic mass is 19.4. The number of alkyl halides is 3. The first-order valence-electron chi connectivity index (χ1n) is 7.64. The highest BCUT2D eigenvalue weighted by Crippen LogP contribution is 2.29. The fraction of sp³-hybridized carbons (Fsp3) is 0.222. The molecule has 8 heteroatoms. The van der Waals surface area contributed by atoms with Gasteiger partial charge < -0.3 is 11.1 Å². The van der Waals surface area contributed by atoms with E-state index in [1.54, 1.807) is 0 Å². The van der Waals surface area contributed by atoms with Gasteiger partial charge >= 0.3 is 6.18 Å². The van der Waals surface area contributed by atoms with Crippen LogP contribution in [-0.2, 0) is 28.6 Å². The fourth-order valence-electron chi connectivity index (χ4n) is 2.41. The first kappa shape index (κ1) is 19.4. The summed E-state index contributed by atoms with van der Waals surface area (Å²) in [7, 11) is 0. The van der Waals surface area contributed by atoms with Crippen molar-refractivity contribution in [2.75, 3.05) is 0 Å². The van der Waals surface area contributed by atoms with Crippen LogP contribution in [0.5, 0.6) is 0 Å². The topological polar surface area (TPSA) is 72.2 Å². The lowest BCUT2D eigenvalue weighted by atomic mass is 10.0. The molecule has 3 N–H and O–H groups in total. The van der Waals surface area contributed by atoms with Crippen LogP contribution in [0, 0.1) is 5.82 Å². The van der Waals surface area contributed by atoms with Crippen LogP contribution in [-0.4, -0.2) is 17.9 Å². The van der Waals surface area contributed by atoms with Gasteiger partial charge in [-0.25, -0.2) is 4.39 Å². The molecular weight excluding hydrogens is 352 g/mol. The van der Waals surface area contributed by atoms with Crippen molar-refractivity contribution in [1.82, 2.24) is 5.32 Å². The fourth-order valence-corrected chi connectivity index (χ4v) is 2.41. The van der Waals surface area contributed by atoms with Crippen molar-refractivity contribution >= 4 is 11.8 Å². The molecule has 1 atom stereocenters. The molecule has 26 heavy (non-hydrogen) atoms. The molecule has 138 valence electrons. The van der Waals surface area contributed by atoms with Gasteiger partial charge in [0.05, 0.1) is 12.0 Å². The number of carbonyl (C=O) groups excluding carboxylic acids is 2. The van der Waals surface area contributed by atoms with Gasteiger partial charge in [0.15, 0.2) is 0 Å². The maximum absolute atomic E-state index is 13.1. The Morgan fingerprint density at radius 3 is 2.31 bits per heavy atom. The number of nitrogens with two attached hydrogens (primary N) is 1. The van der Waals surface area contributed by atoms with Gasteiger partial charge in [-0.05, 0) is 29.3 Å². The molecule has 2 rings (SSSR count). The average Bonchev–Trinajstić information content (AvgIpc) is 2.53. The molecule has 0 saturated heterocycles. The Bertz CT molecular complexity index is 806. The number of primary amides is 1. The Morgan fingerprint density at radius 2 is 1.69 bits per heavy atom. The van der Waals surface area contributed by atoms with Crippen LogP contribution in [0.1, 0.15) is 16.7 Å². The SMILES string of the molecule is NC(=O)[C@H](Cc1cccc(C(F)(F)F)c1)NC(=O)Cc1cccc(F)c1. The smallest absolute Gasteiger partial charge is 0.368 e. The summed E-state index contributed by atoms with van der Waals surface area (Å²) in [6.07, 6.45) is -4.89. The monoisotopic (exact) mass is 368 g/mol. The summed E-state index contributed by atoms with van der Waals surface area (Å²) in [5, 5.41) is 2.37. The first-order chi connectivity index (χ1) is 12.1. The lowest BCUT2D eigenvalue weighted by Crippen LogP contribution is -2.46. The van der Waals surface area contributed by atoms with E-state index in [2.05, 4.69) is 5.32 Å². The zero-order valence-electron chi connectivity index (χ0n) is 13.5. The van der Waals surface area contributed by atoms with Crippen molar-refractivity contribution in [1.29, 1.82) is 0 Å². The Kier molecular flexibility index (Phi) is 5.97. The van der Waals surface area contributed by atoms with Crippen LogP contribution in [0.25, 0.3) is 0 Å². The number of halogens is 4. The molecule has 0 aliphatic rings. The van der Waals surface area contributed by atoms with Crippen molar-refractivity contribution in [3.05, 3.63) is 71.0 Å². The van der Waals surface area contributed by atoms with Crippen LogP contribution >= 0.6 is 0 Å². The van der Waals surface area contributed by atoms with Gasteiger partial charge in [0.25, 0.3) is 0 Å². The van der Waals surface area contributed by atoms with E-state index in [1.165, 1.54) is 36.4 Å². The van der Waals surface area contributed by atoms with E-state index in [1.807, 2.05) is 0 Å². The molecule has 4 nitrogen and oxygen atoms in total. The summed E-state index contributed by atoms with van der Waals surface area (Å²) < 4.78 is 51.4. The van der Waals surface area contributed by atoms with Gasteiger partial charge in [-0.2, -0.15) is 13.2 Å². The quantitative estimate of drug-likeness (QED) is 0.770. The number of nitrogens with one attached hydrogen (secondary N) is 1. The van der Waals surface area contributed by atoms with E-state index in [0.717, 1.165) is 12.1 Å². The zero-order valence-corrected chi connectivity index (χ0v) is 13.5. The minimum atomic E-state index is -4.52. The van der Waals surface area contributed by atoms with E-state index in [-0.39, 0.29) is 18.4 Å².